The molecule has 0 unspecified atom stereocenters. The van der Waals surface area contributed by atoms with Gasteiger partial charge in [0.1, 0.15) is 12.4 Å². The number of pyridine rings is 1. The molecule has 1 aromatic heterocycles. The molecule has 2 aliphatic heterocycles. The minimum absolute atomic E-state index is 0.00379. The molecule has 2 fully saturated rings. The molecule has 1 atom stereocenters. The lowest BCUT2D eigenvalue weighted by molar-refractivity contribution is 0.0742. The van der Waals surface area contributed by atoms with Crippen LogP contribution in [0.2, 0.25) is 0 Å². The fraction of sp³-hybridized carbons (Fsp3) is 0.435. The van der Waals surface area contributed by atoms with Crippen LogP contribution in [0.1, 0.15) is 21.5 Å². The van der Waals surface area contributed by atoms with E-state index in [0.717, 1.165) is 23.2 Å². The molecule has 2 aromatic rings. The van der Waals surface area contributed by atoms with E-state index in [2.05, 4.69) is 16.0 Å². The van der Waals surface area contributed by atoms with Crippen molar-refractivity contribution >= 4 is 33.3 Å². The normalized spacial score (nSPS) is 18.9. The molecule has 0 saturated carbocycles. The third-order valence-corrected chi connectivity index (χ3v) is 7.24. The minimum Gasteiger partial charge on any atom is -0.447 e. The van der Waals surface area contributed by atoms with Crippen LogP contribution >= 0.6 is 0 Å². The molecule has 3 heterocycles. The van der Waals surface area contributed by atoms with Gasteiger partial charge in [-0.2, -0.15) is 0 Å². The number of carbonyl (C=O) groups is 2. The number of sulfone groups is 1. The lowest BCUT2D eigenvalue weighted by Gasteiger charge is -2.36. The number of hydrogen-bond donors (Lipinski definition) is 1. The lowest BCUT2D eigenvalue weighted by Crippen LogP contribution is -2.49. The Labute approximate surface area is 198 Å². The van der Waals surface area contributed by atoms with Gasteiger partial charge in [0.25, 0.3) is 5.91 Å². The van der Waals surface area contributed by atoms with Crippen LogP contribution in [0.4, 0.5) is 16.3 Å². The van der Waals surface area contributed by atoms with Crippen molar-refractivity contribution in [1.82, 2.24) is 9.88 Å². The standard InChI is InChI=1S/C23H28N4O6S/c1-15-10-16(2)21(24-12-15)25-6-8-26(9-7-25)22(29)19-5-4-17(11-20(19)34(3,31)32)27-18(13-28)14-33-23(27)30/h4-5,10-12,18,28H,6-9,13-14H2,1-3H3/t18-/m1/s1. The zero-order valence-corrected chi connectivity index (χ0v) is 20.2. The maximum atomic E-state index is 13.3. The fourth-order valence-electron chi connectivity index (χ4n) is 4.39. The monoisotopic (exact) mass is 488 g/mol. The molecule has 10 nitrogen and oxygen atoms in total. The summed E-state index contributed by atoms with van der Waals surface area (Å²) in [6.07, 6.45) is 2.17. The van der Waals surface area contributed by atoms with Gasteiger partial charge in [-0.1, -0.05) is 6.07 Å². The van der Waals surface area contributed by atoms with Gasteiger partial charge >= 0.3 is 6.09 Å². The molecule has 2 saturated heterocycles. The predicted molar refractivity (Wildman–Crippen MR) is 126 cm³/mol. The molecular formula is C23H28N4O6S. The van der Waals surface area contributed by atoms with Gasteiger partial charge in [-0.3, -0.25) is 9.69 Å². The Bertz CT molecular complexity index is 1220. The average molecular weight is 489 g/mol. The number of aliphatic hydroxyl groups excluding tert-OH is 1. The van der Waals surface area contributed by atoms with Crippen molar-refractivity contribution in [3.8, 4) is 0 Å². The van der Waals surface area contributed by atoms with E-state index in [-0.39, 0.29) is 35.3 Å². The number of carbonyl (C=O) groups excluding carboxylic acids is 2. The van der Waals surface area contributed by atoms with Gasteiger partial charge in [-0.25, -0.2) is 18.2 Å². The molecule has 1 aromatic carbocycles. The van der Waals surface area contributed by atoms with Gasteiger partial charge in [0, 0.05) is 44.3 Å². The molecule has 34 heavy (non-hydrogen) atoms. The molecule has 4 rings (SSSR count). The smallest absolute Gasteiger partial charge is 0.414 e. The average Bonchev–Trinajstić information content (AvgIpc) is 3.18. The highest BCUT2D eigenvalue weighted by Crippen LogP contribution is 2.29. The van der Waals surface area contributed by atoms with Crippen molar-refractivity contribution in [2.45, 2.75) is 24.8 Å². The van der Waals surface area contributed by atoms with Crippen molar-refractivity contribution in [2.24, 2.45) is 0 Å². The Hall–Kier alpha value is -3.18. The summed E-state index contributed by atoms with van der Waals surface area (Å²) in [7, 11) is -3.78. The number of aryl methyl sites for hydroxylation is 2. The van der Waals surface area contributed by atoms with Crippen LogP contribution in [0, 0.1) is 13.8 Å². The number of aliphatic hydroxyl groups is 1. The Morgan fingerprint density at radius 3 is 2.50 bits per heavy atom. The topological polar surface area (TPSA) is 120 Å². The van der Waals surface area contributed by atoms with E-state index >= 15 is 0 Å². The van der Waals surface area contributed by atoms with Crippen LogP contribution in [-0.2, 0) is 14.6 Å². The highest BCUT2D eigenvalue weighted by Gasteiger charge is 2.35. The van der Waals surface area contributed by atoms with Crippen molar-refractivity contribution in [3.05, 3.63) is 47.2 Å². The summed E-state index contributed by atoms with van der Waals surface area (Å²) >= 11 is 0. The van der Waals surface area contributed by atoms with Crippen LogP contribution in [0.5, 0.6) is 0 Å². The number of ether oxygens (including phenoxy) is 1. The number of anilines is 2. The molecule has 0 bridgehead atoms. The highest BCUT2D eigenvalue weighted by molar-refractivity contribution is 7.90. The van der Waals surface area contributed by atoms with Crippen molar-refractivity contribution in [2.75, 3.05) is 55.4 Å². The Morgan fingerprint density at radius 2 is 1.88 bits per heavy atom. The van der Waals surface area contributed by atoms with Crippen LogP contribution < -0.4 is 9.80 Å². The van der Waals surface area contributed by atoms with E-state index in [1.165, 1.54) is 23.1 Å². The zero-order valence-electron chi connectivity index (χ0n) is 19.4. The van der Waals surface area contributed by atoms with Gasteiger partial charge in [0.15, 0.2) is 9.84 Å². The van der Waals surface area contributed by atoms with Gasteiger partial charge in [-0.05, 0) is 43.2 Å². The summed E-state index contributed by atoms with van der Waals surface area (Å²) in [5.41, 5.74) is 2.46. The van der Waals surface area contributed by atoms with E-state index in [1.807, 2.05) is 20.0 Å². The first-order valence-electron chi connectivity index (χ1n) is 11.0. The molecule has 0 radical (unpaired) electrons. The maximum absolute atomic E-state index is 13.3. The quantitative estimate of drug-likeness (QED) is 0.670. The van der Waals surface area contributed by atoms with E-state index in [1.54, 1.807) is 4.90 Å². The summed E-state index contributed by atoms with van der Waals surface area (Å²) in [6.45, 7) is 5.66. The van der Waals surface area contributed by atoms with E-state index < -0.39 is 22.0 Å². The first-order valence-corrected chi connectivity index (χ1v) is 12.9. The Morgan fingerprint density at radius 1 is 1.18 bits per heavy atom. The van der Waals surface area contributed by atoms with Gasteiger partial charge in [0.05, 0.1) is 23.1 Å². The molecule has 2 amide bonds. The third-order valence-electron chi connectivity index (χ3n) is 6.10. The van der Waals surface area contributed by atoms with Crippen LogP contribution in [0.15, 0.2) is 35.4 Å². The van der Waals surface area contributed by atoms with E-state index in [0.29, 0.717) is 26.2 Å². The number of hydrogen-bond acceptors (Lipinski definition) is 8. The zero-order chi connectivity index (χ0) is 24.6. The van der Waals surface area contributed by atoms with Crippen molar-refractivity contribution in [3.63, 3.8) is 0 Å². The molecular weight excluding hydrogens is 460 g/mol. The highest BCUT2D eigenvalue weighted by atomic mass is 32.2. The van der Waals surface area contributed by atoms with Gasteiger partial charge < -0.3 is 19.6 Å². The molecule has 182 valence electrons. The van der Waals surface area contributed by atoms with Gasteiger partial charge in [-0.15, -0.1) is 0 Å². The number of benzene rings is 1. The molecule has 2 aliphatic rings. The van der Waals surface area contributed by atoms with E-state index in [4.69, 9.17) is 4.74 Å². The van der Waals surface area contributed by atoms with Crippen molar-refractivity contribution in [1.29, 1.82) is 0 Å². The second-order valence-electron chi connectivity index (χ2n) is 8.67. The molecule has 11 heteroatoms. The summed E-state index contributed by atoms with van der Waals surface area (Å²) in [4.78, 5) is 34.8. The van der Waals surface area contributed by atoms with Crippen LogP contribution in [-0.4, -0.2) is 87.1 Å². The third kappa shape index (κ3) is 4.58. The maximum Gasteiger partial charge on any atom is 0.414 e. The minimum atomic E-state index is -3.78. The second-order valence-corrected chi connectivity index (χ2v) is 10.7. The summed E-state index contributed by atoms with van der Waals surface area (Å²) in [5.74, 6) is 0.498. The van der Waals surface area contributed by atoms with Crippen molar-refractivity contribution < 1.29 is 27.9 Å². The summed E-state index contributed by atoms with van der Waals surface area (Å²) in [5, 5.41) is 9.53. The lowest BCUT2D eigenvalue weighted by atomic mass is 10.1. The SMILES string of the molecule is Cc1cnc(N2CCN(C(=O)c3ccc(N4C(=O)OC[C@H]4CO)cc3S(C)(=O)=O)CC2)c(C)c1. The predicted octanol–water partition coefficient (Wildman–Crippen LogP) is 1.38. The second kappa shape index (κ2) is 9.22. The van der Waals surface area contributed by atoms with Crippen LogP contribution in [0.3, 0.4) is 0 Å². The Balaban J connectivity index is 1.57. The molecule has 1 N–H and O–H groups in total. The number of nitrogens with zero attached hydrogens (tertiary/aromatic N) is 4. The first-order chi connectivity index (χ1) is 16.1. The summed E-state index contributed by atoms with van der Waals surface area (Å²) < 4.78 is 30.1. The number of aromatic nitrogens is 1. The van der Waals surface area contributed by atoms with E-state index in [9.17, 15) is 23.1 Å². The fourth-order valence-corrected chi connectivity index (χ4v) is 5.28. The number of rotatable bonds is 5. The Kier molecular flexibility index (Phi) is 6.50. The number of piperazine rings is 1. The summed E-state index contributed by atoms with van der Waals surface area (Å²) in [6, 6.07) is 5.68. The molecule has 0 aliphatic carbocycles. The largest absolute Gasteiger partial charge is 0.447 e. The number of cyclic esters (lactones) is 1. The molecule has 0 spiro atoms. The number of amides is 2. The first kappa shape index (κ1) is 24.0. The van der Waals surface area contributed by atoms with Gasteiger partial charge in [0.2, 0.25) is 0 Å². The van der Waals surface area contributed by atoms with Crippen LogP contribution in [0.25, 0.3) is 0 Å².